The third-order valence-corrected chi connectivity index (χ3v) is 3.94. The summed E-state index contributed by atoms with van der Waals surface area (Å²) in [7, 11) is 3.14. The first-order valence-corrected chi connectivity index (χ1v) is 7.81. The Morgan fingerprint density at radius 1 is 1.16 bits per heavy atom. The first kappa shape index (κ1) is 17.0. The molecular formula is C17H16ClFN4O2. The number of methoxy groups -OCH3 is 2. The Kier molecular flexibility index (Phi) is 5.04. The van der Waals surface area contributed by atoms with E-state index in [1.54, 1.807) is 44.6 Å². The number of nitrogens with one attached hydrogen (secondary N) is 2. The van der Waals surface area contributed by atoms with Crippen LogP contribution in [0.25, 0.3) is 11.4 Å². The minimum absolute atomic E-state index is 0.182. The lowest BCUT2D eigenvalue weighted by molar-refractivity contribution is 0.394. The number of aromatic nitrogens is 3. The maximum atomic E-state index is 13.8. The van der Waals surface area contributed by atoms with Gasteiger partial charge in [0, 0.05) is 28.8 Å². The summed E-state index contributed by atoms with van der Waals surface area (Å²) in [6.45, 7) is 0.182. The molecule has 130 valence electrons. The first-order chi connectivity index (χ1) is 12.1. The average Bonchev–Trinajstić information content (AvgIpc) is 3.10. The molecule has 1 aromatic heterocycles. The summed E-state index contributed by atoms with van der Waals surface area (Å²) < 4.78 is 24.3. The number of anilines is 1. The van der Waals surface area contributed by atoms with Crippen LogP contribution in [0.4, 0.5) is 10.3 Å². The van der Waals surface area contributed by atoms with E-state index in [9.17, 15) is 4.39 Å². The summed E-state index contributed by atoms with van der Waals surface area (Å²) in [6.07, 6.45) is 0. The molecule has 6 nitrogen and oxygen atoms in total. The number of hydrogen-bond donors (Lipinski definition) is 2. The zero-order valence-electron chi connectivity index (χ0n) is 13.6. The van der Waals surface area contributed by atoms with Crippen LogP contribution in [0.15, 0.2) is 36.4 Å². The lowest BCUT2D eigenvalue weighted by atomic mass is 10.2. The summed E-state index contributed by atoms with van der Waals surface area (Å²) >= 11 is 6.01. The van der Waals surface area contributed by atoms with Crippen molar-refractivity contribution in [3.8, 4) is 22.9 Å². The maximum absolute atomic E-state index is 13.8. The highest BCUT2D eigenvalue weighted by molar-refractivity contribution is 6.31. The topological polar surface area (TPSA) is 72.1 Å². The molecule has 0 saturated carbocycles. The second-order valence-electron chi connectivity index (χ2n) is 5.16. The fraction of sp³-hybridized carbons (Fsp3) is 0.176. The van der Waals surface area contributed by atoms with Crippen molar-refractivity contribution in [1.82, 2.24) is 15.2 Å². The quantitative estimate of drug-likeness (QED) is 0.696. The largest absolute Gasteiger partial charge is 0.497 e. The molecule has 0 atom stereocenters. The number of H-pyrrole nitrogens is 1. The van der Waals surface area contributed by atoms with E-state index in [2.05, 4.69) is 20.5 Å². The summed E-state index contributed by atoms with van der Waals surface area (Å²) in [4.78, 5) is 4.35. The lowest BCUT2D eigenvalue weighted by Crippen LogP contribution is -2.03. The van der Waals surface area contributed by atoms with Crippen LogP contribution in [0.2, 0.25) is 5.02 Å². The Morgan fingerprint density at radius 3 is 2.52 bits per heavy atom. The molecule has 0 radical (unpaired) electrons. The Bertz CT molecular complexity index is 842. The molecule has 3 rings (SSSR count). The summed E-state index contributed by atoms with van der Waals surface area (Å²) in [6, 6.07) is 9.90. The molecule has 0 spiro atoms. The molecule has 0 amide bonds. The summed E-state index contributed by atoms with van der Waals surface area (Å²) in [5.74, 6) is 1.74. The molecule has 1 heterocycles. The van der Waals surface area contributed by atoms with Gasteiger partial charge in [0.25, 0.3) is 0 Å². The maximum Gasteiger partial charge on any atom is 0.219 e. The monoisotopic (exact) mass is 362 g/mol. The highest BCUT2D eigenvalue weighted by Crippen LogP contribution is 2.28. The van der Waals surface area contributed by atoms with Gasteiger partial charge in [0.05, 0.1) is 14.2 Å². The summed E-state index contributed by atoms with van der Waals surface area (Å²) in [5, 5.41) is 10.3. The molecule has 0 fully saturated rings. The van der Waals surface area contributed by atoms with E-state index in [0.29, 0.717) is 33.9 Å². The molecule has 2 N–H and O–H groups in total. The zero-order valence-corrected chi connectivity index (χ0v) is 14.4. The molecule has 0 saturated heterocycles. The van der Waals surface area contributed by atoms with E-state index >= 15 is 0 Å². The Labute approximate surface area is 149 Å². The Balaban J connectivity index is 1.79. The van der Waals surface area contributed by atoms with Crippen LogP contribution in [0.3, 0.4) is 0 Å². The van der Waals surface area contributed by atoms with Crippen LogP contribution in [-0.2, 0) is 6.54 Å². The predicted octanol–water partition coefficient (Wildman–Crippen LogP) is 3.89. The lowest BCUT2D eigenvalue weighted by Gasteiger charge is -2.06. The highest BCUT2D eigenvalue weighted by Gasteiger charge is 2.11. The first-order valence-electron chi connectivity index (χ1n) is 7.43. The molecule has 3 aromatic rings. The van der Waals surface area contributed by atoms with Crippen molar-refractivity contribution in [3.63, 3.8) is 0 Å². The molecule has 8 heteroatoms. The van der Waals surface area contributed by atoms with Crippen LogP contribution in [0.1, 0.15) is 5.56 Å². The fourth-order valence-electron chi connectivity index (χ4n) is 2.28. The van der Waals surface area contributed by atoms with E-state index in [4.69, 9.17) is 21.1 Å². The van der Waals surface area contributed by atoms with Gasteiger partial charge in [-0.05, 0) is 24.3 Å². The molecular weight excluding hydrogens is 347 g/mol. The zero-order chi connectivity index (χ0) is 17.8. The van der Waals surface area contributed by atoms with Crippen molar-refractivity contribution in [2.24, 2.45) is 0 Å². The van der Waals surface area contributed by atoms with Gasteiger partial charge in [0.15, 0.2) is 5.82 Å². The fourth-order valence-corrected chi connectivity index (χ4v) is 2.51. The van der Waals surface area contributed by atoms with Crippen LogP contribution in [-0.4, -0.2) is 29.4 Å². The van der Waals surface area contributed by atoms with Gasteiger partial charge in [0.1, 0.15) is 17.3 Å². The molecule has 0 aliphatic heterocycles. The van der Waals surface area contributed by atoms with Gasteiger partial charge in [-0.3, -0.25) is 0 Å². The van der Waals surface area contributed by atoms with Crippen LogP contribution in [0, 0.1) is 5.82 Å². The molecule has 0 aliphatic carbocycles. The predicted molar refractivity (Wildman–Crippen MR) is 93.7 cm³/mol. The third-order valence-electron chi connectivity index (χ3n) is 3.59. The van der Waals surface area contributed by atoms with Crippen molar-refractivity contribution in [3.05, 3.63) is 52.8 Å². The number of ether oxygens (including phenoxy) is 2. The van der Waals surface area contributed by atoms with Gasteiger partial charge >= 0.3 is 0 Å². The number of rotatable bonds is 6. The van der Waals surface area contributed by atoms with E-state index < -0.39 is 0 Å². The normalized spacial score (nSPS) is 10.6. The van der Waals surface area contributed by atoms with E-state index in [1.807, 2.05) is 0 Å². The number of hydrogen-bond acceptors (Lipinski definition) is 5. The molecule has 0 aliphatic rings. The second kappa shape index (κ2) is 7.40. The number of aromatic amines is 1. The van der Waals surface area contributed by atoms with Crippen molar-refractivity contribution >= 4 is 17.5 Å². The van der Waals surface area contributed by atoms with Gasteiger partial charge in [-0.15, -0.1) is 0 Å². The standard InChI is InChI=1S/C17H16ClFN4O2/c1-24-11-6-10(7-12(8-11)25-2)16-21-17(23-22-16)20-9-13-14(18)4-3-5-15(13)19/h3-8H,9H2,1-2H3,(H2,20,21,22,23). The van der Waals surface area contributed by atoms with Gasteiger partial charge < -0.3 is 14.8 Å². The van der Waals surface area contributed by atoms with Crippen molar-refractivity contribution < 1.29 is 13.9 Å². The van der Waals surface area contributed by atoms with Crippen LogP contribution >= 0.6 is 11.6 Å². The Morgan fingerprint density at radius 2 is 1.88 bits per heavy atom. The number of halogens is 2. The van der Waals surface area contributed by atoms with Crippen LogP contribution < -0.4 is 14.8 Å². The molecule has 0 unspecified atom stereocenters. The smallest absolute Gasteiger partial charge is 0.219 e. The van der Waals surface area contributed by atoms with Gasteiger partial charge in [-0.25, -0.2) is 9.49 Å². The molecule has 2 aromatic carbocycles. The van der Waals surface area contributed by atoms with Gasteiger partial charge in [0.2, 0.25) is 5.95 Å². The minimum Gasteiger partial charge on any atom is -0.497 e. The Hall–Kier alpha value is -2.80. The highest BCUT2D eigenvalue weighted by atomic mass is 35.5. The summed E-state index contributed by atoms with van der Waals surface area (Å²) in [5.41, 5.74) is 1.09. The van der Waals surface area contributed by atoms with Crippen molar-refractivity contribution in [1.29, 1.82) is 0 Å². The number of benzene rings is 2. The number of nitrogens with zero attached hydrogens (tertiary/aromatic N) is 2. The van der Waals surface area contributed by atoms with E-state index in [-0.39, 0.29) is 12.4 Å². The third kappa shape index (κ3) is 3.83. The molecule has 0 bridgehead atoms. The minimum atomic E-state index is -0.378. The van der Waals surface area contributed by atoms with Crippen LogP contribution in [0.5, 0.6) is 11.5 Å². The van der Waals surface area contributed by atoms with E-state index in [0.717, 1.165) is 5.56 Å². The second-order valence-corrected chi connectivity index (χ2v) is 5.57. The van der Waals surface area contributed by atoms with Crippen molar-refractivity contribution in [2.45, 2.75) is 6.54 Å². The van der Waals surface area contributed by atoms with E-state index in [1.165, 1.54) is 6.07 Å². The average molecular weight is 363 g/mol. The van der Waals surface area contributed by atoms with Gasteiger partial charge in [-0.1, -0.05) is 17.7 Å². The SMILES string of the molecule is COc1cc(OC)cc(-c2n[nH]c(NCc3c(F)cccc3Cl)n2)c1. The van der Waals surface area contributed by atoms with Gasteiger partial charge in [-0.2, -0.15) is 10.1 Å². The van der Waals surface area contributed by atoms with Crippen molar-refractivity contribution in [2.75, 3.05) is 19.5 Å². The molecule has 25 heavy (non-hydrogen) atoms.